The Kier molecular flexibility index (Phi) is 6.50. The van der Waals surface area contributed by atoms with Gasteiger partial charge in [0, 0.05) is 37.5 Å². The van der Waals surface area contributed by atoms with E-state index in [0.717, 1.165) is 13.1 Å². The fourth-order valence-electron chi connectivity index (χ4n) is 4.56. The molecule has 2 amide bonds. The first-order valence-electron chi connectivity index (χ1n) is 11.8. The zero-order valence-electron chi connectivity index (χ0n) is 21.4. The number of likely N-dealkylation sites (tertiary alicyclic amines) is 1. The number of nitrogens with one attached hydrogen (secondary N) is 3. The Morgan fingerprint density at radius 2 is 1.72 bits per heavy atom. The second-order valence-corrected chi connectivity index (χ2v) is 11.5. The molecular weight excluding hydrogens is 486 g/mol. The molecule has 2 aromatic rings. The van der Waals surface area contributed by atoms with Crippen molar-refractivity contribution in [3.8, 4) is 0 Å². The number of amides is 2. The first kappa shape index (κ1) is 25.9. The van der Waals surface area contributed by atoms with Crippen LogP contribution in [0.2, 0.25) is 5.02 Å². The average Bonchev–Trinajstić information content (AvgIpc) is 3.02. The molecule has 2 aromatic heterocycles. The lowest BCUT2D eigenvalue weighted by molar-refractivity contribution is 0.0372. The quantitative estimate of drug-likeness (QED) is 0.562. The molecule has 0 bridgehead atoms. The Morgan fingerprint density at radius 3 is 2.33 bits per heavy atom. The normalized spacial score (nSPS) is 17.5. The highest BCUT2D eigenvalue weighted by molar-refractivity contribution is 6.34. The van der Waals surface area contributed by atoms with Gasteiger partial charge in [0.1, 0.15) is 40.6 Å². The van der Waals surface area contributed by atoms with Crippen molar-refractivity contribution in [2.24, 2.45) is 0 Å². The summed E-state index contributed by atoms with van der Waals surface area (Å²) in [6.45, 7) is 13.1. The maximum atomic E-state index is 13.6. The zero-order valence-corrected chi connectivity index (χ0v) is 22.1. The monoisotopic (exact) mass is 517 g/mol. The zero-order chi connectivity index (χ0) is 26.5. The fraction of sp³-hybridized carbons (Fsp3) is 0.542. The number of nitrogens with zero attached hydrogens (tertiary/aromatic N) is 4. The Bertz CT molecular complexity index is 1250. The van der Waals surface area contributed by atoms with Crippen LogP contribution in [0.15, 0.2) is 23.3 Å². The summed E-state index contributed by atoms with van der Waals surface area (Å²) in [5.41, 5.74) is -1.61. The van der Waals surface area contributed by atoms with Gasteiger partial charge in [0.15, 0.2) is 0 Å². The van der Waals surface area contributed by atoms with E-state index in [4.69, 9.17) is 16.3 Å². The molecule has 0 aliphatic carbocycles. The molecule has 4 heterocycles. The molecule has 194 valence electrons. The highest BCUT2D eigenvalue weighted by atomic mass is 35.5. The van der Waals surface area contributed by atoms with Crippen LogP contribution in [0.4, 0.5) is 22.1 Å². The van der Waals surface area contributed by atoms with E-state index >= 15 is 0 Å². The van der Waals surface area contributed by atoms with Crippen molar-refractivity contribution in [1.82, 2.24) is 24.8 Å². The predicted molar refractivity (Wildman–Crippen MR) is 137 cm³/mol. The van der Waals surface area contributed by atoms with Crippen molar-refractivity contribution in [3.05, 3.63) is 39.5 Å². The first-order chi connectivity index (χ1) is 16.7. The number of aromatic nitrogens is 3. The second kappa shape index (κ2) is 9.04. The number of fused-ring (bicyclic) bond motifs is 2. The van der Waals surface area contributed by atoms with Crippen LogP contribution in [0, 0.1) is 0 Å². The van der Waals surface area contributed by atoms with Gasteiger partial charge in [0.25, 0.3) is 11.5 Å². The molecular formula is C24H32ClN7O4. The van der Waals surface area contributed by atoms with Crippen LogP contribution in [-0.2, 0) is 10.4 Å². The van der Waals surface area contributed by atoms with Crippen molar-refractivity contribution in [1.29, 1.82) is 0 Å². The first-order valence-corrected chi connectivity index (χ1v) is 12.2. The van der Waals surface area contributed by atoms with Crippen molar-refractivity contribution in [2.75, 3.05) is 23.7 Å². The van der Waals surface area contributed by atoms with Crippen LogP contribution in [0.25, 0.3) is 0 Å². The molecule has 11 nitrogen and oxygen atoms in total. The van der Waals surface area contributed by atoms with Gasteiger partial charge in [-0.25, -0.2) is 14.8 Å². The van der Waals surface area contributed by atoms with E-state index in [1.54, 1.807) is 20.8 Å². The average molecular weight is 518 g/mol. The molecule has 1 saturated heterocycles. The minimum Gasteiger partial charge on any atom is -0.444 e. The second-order valence-electron chi connectivity index (χ2n) is 11.1. The highest BCUT2D eigenvalue weighted by Crippen LogP contribution is 2.37. The summed E-state index contributed by atoms with van der Waals surface area (Å²) in [4.78, 5) is 49.1. The summed E-state index contributed by atoms with van der Waals surface area (Å²) in [5.74, 6) is 0.0920. The molecule has 2 aliphatic rings. The SMILES string of the molecule is CC(C)(C)OC(=O)Nc1cc(Nc2cc(Cl)c3n(c2=O)C2(CCN(C(C)(C)C)CC2)NC3=O)ncn1. The summed E-state index contributed by atoms with van der Waals surface area (Å²) in [6, 6.07) is 2.89. The number of rotatable bonds is 3. The molecule has 4 rings (SSSR count). The van der Waals surface area contributed by atoms with E-state index in [1.165, 1.54) is 23.0 Å². The van der Waals surface area contributed by atoms with Gasteiger partial charge in [-0.15, -0.1) is 0 Å². The number of piperidine rings is 1. The maximum Gasteiger partial charge on any atom is 0.413 e. The third-order valence-electron chi connectivity index (χ3n) is 6.24. The van der Waals surface area contributed by atoms with Crippen LogP contribution in [0.3, 0.4) is 0 Å². The molecule has 0 radical (unpaired) electrons. The van der Waals surface area contributed by atoms with Crippen LogP contribution in [-0.4, -0.2) is 55.7 Å². The number of anilines is 3. The lowest BCUT2D eigenvalue weighted by Gasteiger charge is -2.45. The molecule has 0 atom stereocenters. The molecule has 36 heavy (non-hydrogen) atoms. The third kappa shape index (κ3) is 5.17. The van der Waals surface area contributed by atoms with E-state index in [-0.39, 0.29) is 39.5 Å². The number of halogens is 1. The molecule has 1 spiro atoms. The minimum absolute atomic E-state index is 0.0167. The summed E-state index contributed by atoms with van der Waals surface area (Å²) in [6.07, 6.45) is 1.72. The molecule has 0 aromatic carbocycles. The summed E-state index contributed by atoms with van der Waals surface area (Å²) in [7, 11) is 0. The van der Waals surface area contributed by atoms with Gasteiger partial charge in [-0.2, -0.15) is 0 Å². The smallest absolute Gasteiger partial charge is 0.413 e. The van der Waals surface area contributed by atoms with Crippen LogP contribution < -0.4 is 21.5 Å². The number of hydrogen-bond acceptors (Lipinski definition) is 8. The number of hydrogen-bond donors (Lipinski definition) is 3. The largest absolute Gasteiger partial charge is 0.444 e. The maximum absolute atomic E-state index is 13.6. The Hall–Kier alpha value is -3.18. The summed E-state index contributed by atoms with van der Waals surface area (Å²) in [5, 5.41) is 8.69. The molecule has 3 N–H and O–H groups in total. The van der Waals surface area contributed by atoms with Crippen LogP contribution in [0.5, 0.6) is 0 Å². The van der Waals surface area contributed by atoms with E-state index in [1.807, 2.05) is 0 Å². The molecule has 1 fully saturated rings. The van der Waals surface area contributed by atoms with Gasteiger partial charge in [0.05, 0.1) is 5.02 Å². The van der Waals surface area contributed by atoms with Gasteiger partial charge >= 0.3 is 6.09 Å². The summed E-state index contributed by atoms with van der Waals surface area (Å²) >= 11 is 6.50. The molecule has 0 unspecified atom stereocenters. The molecule has 0 saturated carbocycles. The molecule has 2 aliphatic heterocycles. The highest BCUT2D eigenvalue weighted by Gasteiger charge is 2.48. The lowest BCUT2D eigenvalue weighted by Crippen LogP contribution is -2.57. The topological polar surface area (TPSA) is 130 Å². The van der Waals surface area contributed by atoms with Crippen molar-refractivity contribution in [2.45, 2.75) is 71.2 Å². The number of pyridine rings is 1. The third-order valence-corrected chi connectivity index (χ3v) is 6.53. The minimum atomic E-state index is -0.846. The van der Waals surface area contributed by atoms with Crippen molar-refractivity contribution in [3.63, 3.8) is 0 Å². The Morgan fingerprint density at radius 1 is 1.08 bits per heavy atom. The van der Waals surface area contributed by atoms with Gasteiger partial charge in [-0.3, -0.25) is 24.4 Å². The van der Waals surface area contributed by atoms with Gasteiger partial charge in [-0.05, 0) is 47.6 Å². The van der Waals surface area contributed by atoms with E-state index in [2.05, 4.69) is 51.6 Å². The predicted octanol–water partition coefficient (Wildman–Crippen LogP) is 3.67. The van der Waals surface area contributed by atoms with E-state index in [9.17, 15) is 14.4 Å². The van der Waals surface area contributed by atoms with Crippen molar-refractivity contribution >= 4 is 40.9 Å². The van der Waals surface area contributed by atoms with Crippen LogP contribution in [0.1, 0.15) is 64.9 Å². The van der Waals surface area contributed by atoms with Crippen molar-refractivity contribution < 1.29 is 14.3 Å². The number of ether oxygens (including phenoxy) is 1. The standard InChI is InChI=1S/C24H32ClN7O4/c1-22(2,3)31-9-7-24(8-10-31)30-19(33)18-14(25)11-15(20(34)32(18)24)28-16-12-17(27-13-26-16)29-21(35)36-23(4,5)6/h11-13H,7-10H2,1-6H3,(H,30,33)(H2,26,27,28,29,35). The summed E-state index contributed by atoms with van der Waals surface area (Å²) < 4.78 is 6.73. The lowest BCUT2D eigenvalue weighted by atomic mass is 9.93. The van der Waals surface area contributed by atoms with Gasteiger partial charge in [0.2, 0.25) is 0 Å². The number of carbonyl (C=O) groups excluding carboxylic acids is 2. The van der Waals surface area contributed by atoms with Gasteiger partial charge < -0.3 is 15.4 Å². The fourth-order valence-corrected chi connectivity index (χ4v) is 4.84. The van der Waals surface area contributed by atoms with E-state index < -0.39 is 22.9 Å². The van der Waals surface area contributed by atoms with Crippen LogP contribution >= 0.6 is 11.6 Å². The van der Waals surface area contributed by atoms with E-state index in [0.29, 0.717) is 12.8 Å². The Labute approximate surface area is 214 Å². The Balaban J connectivity index is 1.62. The number of carbonyl (C=O) groups is 2. The van der Waals surface area contributed by atoms with Gasteiger partial charge in [-0.1, -0.05) is 11.6 Å². The molecule has 12 heteroatoms.